The summed E-state index contributed by atoms with van der Waals surface area (Å²) < 4.78 is 0. The molecule has 2 aromatic carbocycles. The van der Waals surface area contributed by atoms with Crippen molar-refractivity contribution in [3.05, 3.63) is 59.7 Å². The predicted octanol–water partition coefficient (Wildman–Crippen LogP) is 1.65. The highest BCUT2D eigenvalue weighted by Gasteiger charge is 2.25. The normalized spacial score (nSPS) is 11.6. The number of carbonyl (C=O) groups is 2. The van der Waals surface area contributed by atoms with E-state index >= 15 is 0 Å². The van der Waals surface area contributed by atoms with Crippen molar-refractivity contribution >= 4 is 11.9 Å². The van der Waals surface area contributed by atoms with Crippen LogP contribution in [0.2, 0.25) is 0 Å². The lowest BCUT2D eigenvalue weighted by molar-refractivity contribution is -0.139. The molecule has 6 heteroatoms. The molecule has 108 valence electrons. The topological polar surface area (TPSA) is 107 Å². The first-order chi connectivity index (χ1) is 10.0. The lowest BCUT2D eigenvalue weighted by atomic mass is 10.1. The van der Waals surface area contributed by atoms with E-state index in [1.165, 1.54) is 18.2 Å². The number of nitrogens with one attached hydrogen (secondary N) is 1. The van der Waals surface area contributed by atoms with Crippen LogP contribution in [0.3, 0.4) is 0 Å². The van der Waals surface area contributed by atoms with Gasteiger partial charge in [-0.1, -0.05) is 36.4 Å². The lowest BCUT2D eigenvalue weighted by Gasteiger charge is -2.15. The number of phenolic OH excluding ortho intramolecular Hbond substituents is 2. The Bertz CT molecular complexity index is 649. The molecule has 0 aromatic heterocycles. The molecule has 4 N–H and O–H groups in total. The number of hydrogen-bond acceptors (Lipinski definition) is 4. The number of aliphatic carboxylic acids is 1. The van der Waals surface area contributed by atoms with Crippen LogP contribution < -0.4 is 5.32 Å². The molecule has 0 aliphatic rings. The zero-order valence-electron chi connectivity index (χ0n) is 10.9. The Morgan fingerprint density at radius 1 is 0.905 bits per heavy atom. The second-order valence-corrected chi connectivity index (χ2v) is 4.33. The number of aromatic hydroxyl groups is 2. The van der Waals surface area contributed by atoms with Crippen LogP contribution in [-0.4, -0.2) is 27.2 Å². The molecule has 0 unspecified atom stereocenters. The van der Waals surface area contributed by atoms with Crippen molar-refractivity contribution in [1.82, 2.24) is 5.32 Å². The minimum absolute atomic E-state index is 0.361. The summed E-state index contributed by atoms with van der Waals surface area (Å²) in [6.45, 7) is 0. The Morgan fingerprint density at radius 2 is 1.48 bits per heavy atom. The molecule has 0 spiro atoms. The van der Waals surface area contributed by atoms with E-state index in [0.29, 0.717) is 5.56 Å². The summed E-state index contributed by atoms with van der Waals surface area (Å²) in [5.74, 6) is -2.97. The molecule has 0 bridgehead atoms. The van der Waals surface area contributed by atoms with Gasteiger partial charge >= 0.3 is 5.97 Å². The zero-order chi connectivity index (χ0) is 15.4. The lowest BCUT2D eigenvalue weighted by Crippen LogP contribution is -2.33. The van der Waals surface area contributed by atoms with Crippen LogP contribution in [-0.2, 0) is 4.79 Å². The Labute approximate surface area is 120 Å². The fourth-order valence-corrected chi connectivity index (χ4v) is 1.90. The van der Waals surface area contributed by atoms with Gasteiger partial charge in [-0.05, 0) is 17.7 Å². The van der Waals surface area contributed by atoms with Crippen molar-refractivity contribution in [3.8, 4) is 11.5 Å². The van der Waals surface area contributed by atoms with Crippen LogP contribution in [0.25, 0.3) is 0 Å². The molecule has 1 atom stereocenters. The number of carbonyl (C=O) groups excluding carboxylic acids is 1. The van der Waals surface area contributed by atoms with E-state index in [4.69, 9.17) is 0 Å². The smallest absolute Gasteiger partial charge is 0.330 e. The quantitative estimate of drug-likeness (QED) is 0.684. The van der Waals surface area contributed by atoms with Gasteiger partial charge in [0.15, 0.2) is 6.04 Å². The Morgan fingerprint density at radius 3 is 2.00 bits per heavy atom. The van der Waals surface area contributed by atoms with Gasteiger partial charge in [-0.25, -0.2) is 4.79 Å². The van der Waals surface area contributed by atoms with Crippen molar-refractivity contribution in [2.45, 2.75) is 6.04 Å². The van der Waals surface area contributed by atoms with Gasteiger partial charge in [-0.3, -0.25) is 4.79 Å². The molecule has 0 fully saturated rings. The minimum Gasteiger partial charge on any atom is -0.507 e. The van der Waals surface area contributed by atoms with Crippen LogP contribution in [0.5, 0.6) is 11.5 Å². The van der Waals surface area contributed by atoms with Gasteiger partial charge in [0.05, 0.1) is 0 Å². The highest BCUT2D eigenvalue weighted by atomic mass is 16.4. The summed E-state index contributed by atoms with van der Waals surface area (Å²) in [5.41, 5.74) is 0.0212. The Hall–Kier alpha value is -3.02. The summed E-state index contributed by atoms with van der Waals surface area (Å²) in [5, 5.41) is 30.7. The average Bonchev–Trinajstić information content (AvgIpc) is 2.45. The van der Waals surface area contributed by atoms with Crippen molar-refractivity contribution in [3.63, 3.8) is 0 Å². The molecule has 21 heavy (non-hydrogen) atoms. The van der Waals surface area contributed by atoms with E-state index in [-0.39, 0.29) is 5.56 Å². The number of carboxylic acids is 1. The summed E-state index contributed by atoms with van der Waals surface area (Å²) in [6.07, 6.45) is 0. The van der Waals surface area contributed by atoms with Crippen molar-refractivity contribution < 1.29 is 24.9 Å². The van der Waals surface area contributed by atoms with E-state index in [1.807, 2.05) is 0 Å². The number of amides is 1. The first kappa shape index (κ1) is 14.4. The van der Waals surface area contributed by atoms with Crippen molar-refractivity contribution in [1.29, 1.82) is 0 Å². The fourth-order valence-electron chi connectivity index (χ4n) is 1.90. The first-order valence-corrected chi connectivity index (χ1v) is 6.10. The molecular formula is C15H13NO5. The first-order valence-electron chi connectivity index (χ1n) is 6.10. The monoisotopic (exact) mass is 287 g/mol. The molecule has 6 nitrogen and oxygen atoms in total. The largest absolute Gasteiger partial charge is 0.507 e. The molecule has 0 saturated carbocycles. The molecule has 2 aromatic rings. The minimum atomic E-state index is -1.28. The summed E-state index contributed by atoms with van der Waals surface area (Å²) in [6, 6.07) is 10.7. The summed E-state index contributed by atoms with van der Waals surface area (Å²) >= 11 is 0. The average molecular weight is 287 g/mol. The van der Waals surface area contributed by atoms with Gasteiger partial charge in [-0.15, -0.1) is 0 Å². The molecule has 0 saturated heterocycles. The maximum Gasteiger partial charge on any atom is 0.330 e. The van der Waals surface area contributed by atoms with Crippen LogP contribution in [0.4, 0.5) is 0 Å². The predicted molar refractivity (Wildman–Crippen MR) is 74.1 cm³/mol. The fraction of sp³-hybridized carbons (Fsp3) is 0.0667. The van der Waals surface area contributed by atoms with Gasteiger partial charge in [-0.2, -0.15) is 0 Å². The molecule has 2 rings (SSSR count). The van der Waals surface area contributed by atoms with E-state index in [2.05, 4.69) is 5.32 Å². The van der Waals surface area contributed by atoms with Crippen LogP contribution in [0, 0.1) is 0 Å². The number of rotatable bonds is 4. The molecule has 0 radical (unpaired) electrons. The third-order valence-electron chi connectivity index (χ3n) is 2.90. The molecule has 0 heterocycles. The van der Waals surface area contributed by atoms with Crippen LogP contribution in [0.1, 0.15) is 22.0 Å². The summed E-state index contributed by atoms with van der Waals surface area (Å²) in [4.78, 5) is 23.4. The second kappa shape index (κ2) is 5.96. The van der Waals surface area contributed by atoms with Gasteiger partial charge < -0.3 is 20.6 Å². The van der Waals surface area contributed by atoms with Gasteiger partial charge in [0.25, 0.3) is 5.91 Å². The second-order valence-electron chi connectivity index (χ2n) is 4.33. The van der Waals surface area contributed by atoms with E-state index in [9.17, 15) is 24.9 Å². The van der Waals surface area contributed by atoms with Gasteiger partial charge in [0.1, 0.15) is 17.1 Å². The highest BCUT2D eigenvalue weighted by Crippen LogP contribution is 2.27. The third-order valence-corrected chi connectivity index (χ3v) is 2.90. The maximum absolute atomic E-state index is 12.1. The maximum atomic E-state index is 12.1. The molecule has 0 aliphatic carbocycles. The number of phenols is 2. The Kier molecular flexibility index (Phi) is 4.08. The van der Waals surface area contributed by atoms with Gasteiger partial charge in [0, 0.05) is 0 Å². The van der Waals surface area contributed by atoms with E-state index in [1.54, 1.807) is 30.3 Å². The standard InChI is InChI=1S/C15H13NO5/c17-10-7-4-8-11(18)12(10)14(19)16-13(15(20)21)9-5-2-1-3-6-9/h1-8,13,17-18H,(H,16,19)(H,20,21)/t13-/m1/s1. The van der Waals surface area contributed by atoms with E-state index in [0.717, 1.165) is 0 Å². The van der Waals surface area contributed by atoms with Crippen LogP contribution in [0.15, 0.2) is 48.5 Å². The summed E-state index contributed by atoms with van der Waals surface area (Å²) in [7, 11) is 0. The van der Waals surface area contributed by atoms with E-state index < -0.39 is 29.4 Å². The van der Waals surface area contributed by atoms with Gasteiger partial charge in [0.2, 0.25) is 0 Å². The number of benzene rings is 2. The molecular weight excluding hydrogens is 274 g/mol. The Balaban J connectivity index is 2.30. The highest BCUT2D eigenvalue weighted by molar-refractivity contribution is 6.01. The van der Waals surface area contributed by atoms with Crippen molar-refractivity contribution in [2.75, 3.05) is 0 Å². The zero-order valence-corrected chi connectivity index (χ0v) is 10.9. The van der Waals surface area contributed by atoms with Crippen molar-refractivity contribution in [2.24, 2.45) is 0 Å². The third kappa shape index (κ3) is 3.11. The molecule has 0 aliphatic heterocycles. The number of carboxylic acid groups (broad SMARTS) is 1. The molecule has 1 amide bonds. The SMILES string of the molecule is O=C(N[C@@H](C(=O)O)c1ccccc1)c1c(O)cccc1O. The number of hydrogen-bond donors (Lipinski definition) is 4. The van der Waals surface area contributed by atoms with Crippen LogP contribution >= 0.6 is 0 Å².